The van der Waals surface area contributed by atoms with Gasteiger partial charge in [-0.05, 0) is 18.1 Å². The third kappa shape index (κ3) is 2.10. The van der Waals surface area contributed by atoms with Crippen LogP contribution in [0.5, 0.6) is 0 Å². The Hall–Kier alpha value is -1.49. The number of carbonyl (C=O) groups is 2. The summed E-state index contributed by atoms with van der Waals surface area (Å²) < 4.78 is 31.7. The third-order valence-corrected chi connectivity index (χ3v) is 3.75. The molecule has 1 unspecified atom stereocenters. The molecule has 0 bridgehead atoms. The van der Waals surface area contributed by atoms with E-state index in [1.165, 1.54) is 18.2 Å². The molecule has 0 N–H and O–H groups in total. The first-order chi connectivity index (χ1) is 9.45. The van der Waals surface area contributed by atoms with Crippen molar-refractivity contribution in [3.63, 3.8) is 0 Å². The smallest absolute Gasteiger partial charge is 0.326 e. The van der Waals surface area contributed by atoms with E-state index in [0.717, 1.165) is 0 Å². The van der Waals surface area contributed by atoms with Gasteiger partial charge in [-0.1, -0.05) is 30.7 Å². The van der Waals surface area contributed by atoms with Crippen LogP contribution in [0.3, 0.4) is 0 Å². The molecule has 1 aromatic carbocycles. The lowest BCUT2D eigenvalue weighted by Gasteiger charge is -2.24. The quantitative estimate of drug-likeness (QED) is 0.633. The van der Waals surface area contributed by atoms with Gasteiger partial charge in [-0.2, -0.15) is 0 Å². The first-order valence-corrected chi connectivity index (χ1v) is 6.60. The molecule has 1 aliphatic rings. The van der Waals surface area contributed by atoms with Crippen LogP contribution in [0.2, 0.25) is 5.02 Å². The number of ketones is 1. The van der Waals surface area contributed by atoms with Gasteiger partial charge in [0.1, 0.15) is 0 Å². The number of fused-ring (bicyclic) bond motifs is 1. The van der Waals surface area contributed by atoms with Crippen LogP contribution >= 0.6 is 11.6 Å². The fourth-order valence-corrected chi connectivity index (χ4v) is 2.55. The van der Waals surface area contributed by atoms with Crippen molar-refractivity contribution in [2.24, 2.45) is 5.41 Å². The van der Waals surface area contributed by atoms with Gasteiger partial charge in [-0.25, -0.2) is 8.78 Å². The molecule has 1 aliphatic carbocycles. The maximum Gasteiger partial charge on any atom is 0.326 e. The summed E-state index contributed by atoms with van der Waals surface area (Å²) in [7, 11) is 0. The van der Waals surface area contributed by atoms with Gasteiger partial charge in [-0.15, -0.1) is 0 Å². The van der Waals surface area contributed by atoms with Gasteiger partial charge < -0.3 is 4.74 Å². The van der Waals surface area contributed by atoms with Gasteiger partial charge in [0.05, 0.1) is 6.61 Å². The summed E-state index contributed by atoms with van der Waals surface area (Å²) in [6, 6.07) is 4.41. The van der Waals surface area contributed by atoms with Gasteiger partial charge in [0.25, 0.3) is 6.43 Å². The van der Waals surface area contributed by atoms with Crippen molar-refractivity contribution >= 4 is 23.4 Å². The number of Topliss-reactive ketones (excluding diaryl/α,β-unsaturated/α-hetero) is 1. The van der Waals surface area contributed by atoms with Crippen LogP contribution in [0.25, 0.3) is 0 Å². The molecule has 0 saturated carbocycles. The van der Waals surface area contributed by atoms with Crippen molar-refractivity contribution in [3.8, 4) is 0 Å². The summed E-state index contributed by atoms with van der Waals surface area (Å²) in [5.74, 6) is -2.09. The van der Waals surface area contributed by atoms with E-state index < -0.39 is 30.0 Å². The first-order valence-electron chi connectivity index (χ1n) is 6.22. The zero-order valence-electron chi connectivity index (χ0n) is 10.8. The highest BCUT2D eigenvalue weighted by atomic mass is 35.5. The Bertz CT molecular complexity index is 559. The number of hydrogen-bond acceptors (Lipinski definition) is 3. The van der Waals surface area contributed by atoms with Crippen molar-refractivity contribution in [1.82, 2.24) is 0 Å². The molecule has 6 heteroatoms. The van der Waals surface area contributed by atoms with Crippen molar-refractivity contribution in [2.45, 2.75) is 26.2 Å². The second-order valence-corrected chi connectivity index (χ2v) is 5.09. The number of carbonyl (C=O) groups excluding carboxylic acids is 2. The number of hydrogen-bond donors (Lipinski definition) is 0. The third-order valence-electron chi connectivity index (χ3n) is 3.40. The monoisotopic (exact) mass is 302 g/mol. The maximum absolute atomic E-state index is 13.5. The SMILES string of the molecule is CCCOC(=O)C1(C(F)F)Cc2c(Cl)cccc2C1=O. The second-order valence-electron chi connectivity index (χ2n) is 4.68. The zero-order chi connectivity index (χ0) is 14.9. The minimum absolute atomic E-state index is 0.00462. The highest BCUT2D eigenvalue weighted by Crippen LogP contribution is 2.44. The van der Waals surface area contributed by atoms with Gasteiger partial charge in [0.15, 0.2) is 11.2 Å². The van der Waals surface area contributed by atoms with E-state index in [9.17, 15) is 18.4 Å². The lowest BCUT2D eigenvalue weighted by atomic mass is 9.84. The summed E-state index contributed by atoms with van der Waals surface area (Å²) in [4.78, 5) is 24.3. The molecule has 0 heterocycles. The fourth-order valence-electron chi connectivity index (χ4n) is 2.30. The van der Waals surface area contributed by atoms with Crippen LogP contribution in [0.4, 0.5) is 8.78 Å². The number of ether oxygens (including phenoxy) is 1. The molecule has 1 atom stereocenters. The summed E-state index contributed by atoms with van der Waals surface area (Å²) >= 11 is 5.93. The van der Waals surface area contributed by atoms with E-state index in [4.69, 9.17) is 16.3 Å². The van der Waals surface area contributed by atoms with Crippen LogP contribution < -0.4 is 0 Å². The Labute approximate surface area is 119 Å². The van der Waals surface area contributed by atoms with Crippen LogP contribution in [0, 0.1) is 5.41 Å². The Morgan fingerprint density at radius 3 is 2.75 bits per heavy atom. The van der Waals surface area contributed by atoms with Crippen LogP contribution in [-0.2, 0) is 16.0 Å². The molecular weight excluding hydrogens is 290 g/mol. The molecule has 0 fully saturated rings. The van der Waals surface area contributed by atoms with E-state index in [1.54, 1.807) is 6.92 Å². The molecule has 108 valence electrons. The standard InChI is InChI=1S/C14H13ClF2O3/c1-2-6-20-13(19)14(12(16)17)7-9-8(11(14)18)4-3-5-10(9)15/h3-5,12H,2,6-7H2,1H3. The van der Waals surface area contributed by atoms with E-state index in [-0.39, 0.29) is 22.8 Å². The van der Waals surface area contributed by atoms with Crippen LogP contribution in [0.15, 0.2) is 18.2 Å². The van der Waals surface area contributed by atoms with Crippen molar-refractivity contribution in [3.05, 3.63) is 34.3 Å². The van der Waals surface area contributed by atoms with E-state index in [2.05, 4.69) is 0 Å². The summed E-state index contributed by atoms with van der Waals surface area (Å²) in [6.45, 7) is 1.75. The average Bonchev–Trinajstić information content (AvgIpc) is 2.72. The predicted octanol–water partition coefficient (Wildman–Crippen LogP) is 3.28. The molecule has 0 spiro atoms. The number of halogens is 3. The van der Waals surface area contributed by atoms with Gasteiger partial charge >= 0.3 is 5.97 Å². The van der Waals surface area contributed by atoms with Crippen molar-refractivity contribution in [1.29, 1.82) is 0 Å². The summed E-state index contributed by atoms with van der Waals surface area (Å²) in [5.41, 5.74) is -2.10. The number of benzene rings is 1. The van der Waals surface area contributed by atoms with E-state index in [0.29, 0.717) is 6.42 Å². The number of rotatable bonds is 4. The predicted molar refractivity (Wildman–Crippen MR) is 69.2 cm³/mol. The minimum atomic E-state index is -3.14. The highest BCUT2D eigenvalue weighted by molar-refractivity contribution is 6.33. The van der Waals surface area contributed by atoms with Gasteiger partial charge in [0.2, 0.25) is 0 Å². The number of alkyl halides is 2. The maximum atomic E-state index is 13.5. The summed E-state index contributed by atoms with van der Waals surface area (Å²) in [6.07, 6.45) is -3.06. The molecule has 3 nitrogen and oxygen atoms in total. The normalized spacial score (nSPS) is 21.1. The molecule has 0 aliphatic heterocycles. The molecule has 1 aromatic rings. The van der Waals surface area contributed by atoms with E-state index >= 15 is 0 Å². The Kier molecular flexibility index (Phi) is 4.09. The lowest BCUT2D eigenvalue weighted by Crippen LogP contribution is -2.45. The molecule has 0 radical (unpaired) electrons. The Morgan fingerprint density at radius 1 is 1.50 bits per heavy atom. The van der Waals surface area contributed by atoms with E-state index in [1.807, 2.05) is 0 Å². The molecule has 0 saturated heterocycles. The second kappa shape index (κ2) is 5.48. The van der Waals surface area contributed by atoms with Crippen LogP contribution in [0.1, 0.15) is 29.3 Å². The zero-order valence-corrected chi connectivity index (χ0v) is 11.5. The summed E-state index contributed by atoms with van der Waals surface area (Å²) in [5, 5.41) is 0.210. The molecule has 2 rings (SSSR count). The largest absolute Gasteiger partial charge is 0.465 e. The first kappa shape index (κ1) is 14.9. The molecule has 0 amide bonds. The Morgan fingerprint density at radius 2 is 2.20 bits per heavy atom. The number of esters is 1. The van der Waals surface area contributed by atoms with Crippen molar-refractivity contribution in [2.75, 3.05) is 6.61 Å². The lowest BCUT2D eigenvalue weighted by molar-refractivity contribution is -0.160. The highest BCUT2D eigenvalue weighted by Gasteiger charge is 2.59. The molecular formula is C14H13ClF2O3. The van der Waals surface area contributed by atoms with Crippen molar-refractivity contribution < 1.29 is 23.1 Å². The Balaban J connectivity index is 2.45. The fraction of sp³-hybridized carbons (Fsp3) is 0.429. The van der Waals surface area contributed by atoms with Crippen LogP contribution in [-0.4, -0.2) is 24.8 Å². The van der Waals surface area contributed by atoms with Gasteiger partial charge in [0, 0.05) is 17.0 Å². The minimum Gasteiger partial charge on any atom is -0.465 e. The topological polar surface area (TPSA) is 43.4 Å². The average molecular weight is 303 g/mol. The molecule has 20 heavy (non-hydrogen) atoms. The molecule has 0 aromatic heterocycles. The van der Waals surface area contributed by atoms with Gasteiger partial charge in [-0.3, -0.25) is 9.59 Å².